The van der Waals surface area contributed by atoms with Crippen LogP contribution >= 0.6 is 0 Å². The van der Waals surface area contributed by atoms with Crippen molar-refractivity contribution >= 4 is 9.84 Å². The zero-order valence-corrected chi connectivity index (χ0v) is 11.0. The van der Waals surface area contributed by atoms with E-state index in [1.807, 2.05) is 0 Å². The van der Waals surface area contributed by atoms with E-state index in [9.17, 15) is 8.42 Å². The lowest BCUT2D eigenvalue weighted by atomic mass is 9.96. The van der Waals surface area contributed by atoms with E-state index in [2.05, 4.69) is 4.90 Å². The highest BCUT2D eigenvalue weighted by Gasteiger charge is 2.26. The molecular formula is C11H22N2O3S. The Kier molecular flexibility index (Phi) is 4.41. The second kappa shape index (κ2) is 5.65. The third kappa shape index (κ3) is 3.91. The number of sulfone groups is 1. The first kappa shape index (κ1) is 13.3. The SMILES string of the molecule is NC1CCOCC1CN1CCCS(=O)(=O)CC1. The Morgan fingerprint density at radius 1 is 1.29 bits per heavy atom. The van der Waals surface area contributed by atoms with Gasteiger partial charge in [0.05, 0.1) is 18.1 Å². The number of hydrogen-bond acceptors (Lipinski definition) is 5. The molecule has 2 unspecified atom stereocenters. The average molecular weight is 262 g/mol. The Hall–Kier alpha value is -0.170. The Balaban J connectivity index is 1.86. The normalized spacial score (nSPS) is 35.4. The van der Waals surface area contributed by atoms with Gasteiger partial charge in [0.2, 0.25) is 0 Å². The van der Waals surface area contributed by atoms with E-state index in [-0.39, 0.29) is 11.8 Å². The molecule has 6 heteroatoms. The molecule has 0 saturated carbocycles. The summed E-state index contributed by atoms with van der Waals surface area (Å²) in [7, 11) is -2.81. The summed E-state index contributed by atoms with van der Waals surface area (Å²) in [6.45, 7) is 3.85. The van der Waals surface area contributed by atoms with Crippen molar-refractivity contribution in [1.82, 2.24) is 4.90 Å². The number of nitrogens with two attached hydrogens (primary N) is 1. The molecule has 0 bridgehead atoms. The molecule has 2 N–H and O–H groups in total. The molecule has 2 rings (SSSR count). The van der Waals surface area contributed by atoms with Gasteiger partial charge < -0.3 is 15.4 Å². The second-order valence-corrected chi connectivity index (χ2v) is 7.40. The summed E-state index contributed by atoms with van der Waals surface area (Å²) in [5.41, 5.74) is 6.06. The zero-order chi connectivity index (χ0) is 12.3. The van der Waals surface area contributed by atoms with Crippen molar-refractivity contribution in [1.29, 1.82) is 0 Å². The maximum absolute atomic E-state index is 11.5. The molecule has 2 atom stereocenters. The van der Waals surface area contributed by atoms with Crippen molar-refractivity contribution in [2.24, 2.45) is 11.7 Å². The van der Waals surface area contributed by atoms with Gasteiger partial charge in [-0.2, -0.15) is 0 Å². The summed E-state index contributed by atoms with van der Waals surface area (Å²) < 4.78 is 28.4. The summed E-state index contributed by atoms with van der Waals surface area (Å²) in [6, 6.07) is 0.198. The summed E-state index contributed by atoms with van der Waals surface area (Å²) in [6.07, 6.45) is 1.65. The molecule has 0 aromatic rings. The van der Waals surface area contributed by atoms with Gasteiger partial charge in [-0.25, -0.2) is 8.42 Å². The van der Waals surface area contributed by atoms with Gasteiger partial charge in [0, 0.05) is 31.7 Å². The van der Waals surface area contributed by atoms with Crippen LogP contribution in [0.3, 0.4) is 0 Å². The Morgan fingerprint density at radius 2 is 2.12 bits per heavy atom. The van der Waals surface area contributed by atoms with E-state index in [0.29, 0.717) is 24.8 Å². The predicted octanol–water partition coefficient (Wildman–Crippen LogP) is -0.529. The van der Waals surface area contributed by atoms with Gasteiger partial charge in [-0.05, 0) is 19.4 Å². The third-order valence-electron chi connectivity index (χ3n) is 3.67. The van der Waals surface area contributed by atoms with E-state index in [1.165, 1.54) is 0 Å². The van der Waals surface area contributed by atoms with Crippen molar-refractivity contribution in [3.8, 4) is 0 Å². The fourth-order valence-corrected chi connectivity index (χ4v) is 3.82. The van der Waals surface area contributed by atoms with Crippen LogP contribution in [0.2, 0.25) is 0 Å². The Labute approximate surface area is 103 Å². The van der Waals surface area contributed by atoms with Crippen LogP contribution in [0.4, 0.5) is 0 Å². The fraction of sp³-hybridized carbons (Fsp3) is 1.00. The molecule has 5 nitrogen and oxygen atoms in total. The molecule has 0 aromatic heterocycles. The van der Waals surface area contributed by atoms with E-state index < -0.39 is 9.84 Å². The maximum atomic E-state index is 11.5. The largest absolute Gasteiger partial charge is 0.381 e. The lowest BCUT2D eigenvalue weighted by Crippen LogP contribution is -2.45. The van der Waals surface area contributed by atoms with E-state index in [1.54, 1.807) is 0 Å². The standard InChI is InChI=1S/C11H22N2O3S/c12-11-2-5-16-9-10(11)8-13-3-1-6-17(14,15)7-4-13/h10-11H,1-9,12H2. The molecule has 2 aliphatic heterocycles. The minimum absolute atomic E-state index is 0.198. The first-order chi connectivity index (χ1) is 8.07. The van der Waals surface area contributed by atoms with E-state index in [0.717, 1.165) is 32.5 Å². The number of ether oxygens (including phenoxy) is 1. The molecule has 0 aliphatic carbocycles. The molecule has 0 radical (unpaired) electrons. The maximum Gasteiger partial charge on any atom is 0.151 e. The highest BCUT2D eigenvalue weighted by atomic mass is 32.2. The number of nitrogens with zero attached hydrogens (tertiary/aromatic N) is 1. The molecular weight excluding hydrogens is 240 g/mol. The molecule has 0 amide bonds. The van der Waals surface area contributed by atoms with Crippen molar-refractivity contribution in [2.75, 3.05) is 44.4 Å². The highest BCUT2D eigenvalue weighted by molar-refractivity contribution is 7.91. The van der Waals surface area contributed by atoms with Gasteiger partial charge in [-0.15, -0.1) is 0 Å². The van der Waals surface area contributed by atoms with Crippen molar-refractivity contribution in [2.45, 2.75) is 18.9 Å². The first-order valence-electron chi connectivity index (χ1n) is 6.33. The van der Waals surface area contributed by atoms with Crippen LogP contribution in [-0.4, -0.2) is 63.7 Å². The third-order valence-corrected chi connectivity index (χ3v) is 5.39. The summed E-state index contributed by atoms with van der Waals surface area (Å²) in [4.78, 5) is 2.23. The Bertz CT molecular complexity index is 345. The lowest BCUT2D eigenvalue weighted by Gasteiger charge is -2.32. The topological polar surface area (TPSA) is 72.6 Å². The van der Waals surface area contributed by atoms with E-state index in [4.69, 9.17) is 10.5 Å². The van der Waals surface area contributed by atoms with Gasteiger partial charge in [0.1, 0.15) is 0 Å². The molecule has 2 saturated heterocycles. The smallest absolute Gasteiger partial charge is 0.151 e. The second-order valence-electron chi connectivity index (χ2n) is 5.09. The van der Waals surface area contributed by atoms with Gasteiger partial charge in [0.15, 0.2) is 9.84 Å². The predicted molar refractivity (Wildman–Crippen MR) is 66.6 cm³/mol. The summed E-state index contributed by atoms with van der Waals surface area (Å²) in [5, 5.41) is 0. The van der Waals surface area contributed by atoms with Crippen LogP contribution in [0.1, 0.15) is 12.8 Å². The van der Waals surface area contributed by atoms with Gasteiger partial charge in [-0.1, -0.05) is 0 Å². The van der Waals surface area contributed by atoms with Crippen LogP contribution < -0.4 is 5.73 Å². The summed E-state index contributed by atoms with van der Waals surface area (Å²) >= 11 is 0. The lowest BCUT2D eigenvalue weighted by molar-refractivity contribution is 0.0271. The van der Waals surface area contributed by atoms with Crippen molar-refractivity contribution < 1.29 is 13.2 Å². The minimum Gasteiger partial charge on any atom is -0.381 e. The number of rotatable bonds is 2. The molecule has 2 heterocycles. The Morgan fingerprint density at radius 3 is 2.88 bits per heavy atom. The van der Waals surface area contributed by atoms with Crippen LogP contribution in [0, 0.1) is 5.92 Å². The quantitative estimate of drug-likeness (QED) is 0.724. The summed E-state index contributed by atoms with van der Waals surface area (Å²) in [5.74, 6) is 0.969. The van der Waals surface area contributed by atoms with E-state index >= 15 is 0 Å². The van der Waals surface area contributed by atoms with Gasteiger partial charge in [0.25, 0.3) is 0 Å². The molecule has 0 aromatic carbocycles. The van der Waals surface area contributed by atoms with Crippen molar-refractivity contribution in [3.63, 3.8) is 0 Å². The monoisotopic (exact) mass is 262 g/mol. The van der Waals surface area contributed by atoms with Crippen LogP contribution in [-0.2, 0) is 14.6 Å². The fourth-order valence-electron chi connectivity index (χ4n) is 2.51. The van der Waals surface area contributed by atoms with Crippen molar-refractivity contribution in [3.05, 3.63) is 0 Å². The van der Waals surface area contributed by atoms with Crippen LogP contribution in [0.15, 0.2) is 0 Å². The molecule has 2 aliphatic rings. The van der Waals surface area contributed by atoms with Gasteiger partial charge >= 0.3 is 0 Å². The first-order valence-corrected chi connectivity index (χ1v) is 8.15. The van der Waals surface area contributed by atoms with Crippen LogP contribution in [0.25, 0.3) is 0 Å². The van der Waals surface area contributed by atoms with Gasteiger partial charge in [-0.3, -0.25) is 0 Å². The highest BCUT2D eigenvalue weighted by Crippen LogP contribution is 2.15. The van der Waals surface area contributed by atoms with Crippen LogP contribution in [0.5, 0.6) is 0 Å². The average Bonchev–Trinajstić information content (AvgIpc) is 2.44. The minimum atomic E-state index is -2.81. The molecule has 17 heavy (non-hydrogen) atoms. The molecule has 100 valence electrons. The number of hydrogen-bond donors (Lipinski definition) is 1. The zero-order valence-electron chi connectivity index (χ0n) is 10.2. The molecule has 0 spiro atoms. The molecule has 2 fully saturated rings.